The highest BCUT2D eigenvalue weighted by molar-refractivity contribution is 6.32. The number of carbonyl (C=O) groups excluding carboxylic acids is 1. The van der Waals surface area contributed by atoms with Crippen LogP contribution in [0.4, 0.5) is 10.5 Å². The molecule has 1 N–H and O–H groups in total. The summed E-state index contributed by atoms with van der Waals surface area (Å²) in [5.41, 5.74) is 1.59. The summed E-state index contributed by atoms with van der Waals surface area (Å²) in [5, 5.41) is 3.32. The van der Waals surface area contributed by atoms with E-state index in [1.54, 1.807) is 19.2 Å². The highest BCUT2D eigenvalue weighted by Crippen LogP contribution is 2.37. The molecule has 0 saturated carbocycles. The number of nitrogens with zero attached hydrogens (tertiary/aromatic N) is 1. The molecule has 144 valence electrons. The molecule has 0 radical (unpaired) electrons. The van der Waals surface area contributed by atoms with E-state index in [1.165, 1.54) is 14.2 Å². The fourth-order valence-corrected chi connectivity index (χ4v) is 3.57. The van der Waals surface area contributed by atoms with Gasteiger partial charge in [-0.05, 0) is 36.6 Å². The first kappa shape index (κ1) is 19.2. The number of likely N-dealkylation sites (tertiary alicyclic amines) is 1. The molecular formula is C20H23ClN2O4. The molecule has 0 unspecified atom stereocenters. The standard InChI is InChI=1S/C20H23ClN2O4/c1-25-14-8-6-13(7-9-14)17-5-4-10-23(17)20(24)22-16-11-15(21)18(26-2)12-19(16)27-3/h6-9,11-12,17H,4-5,10H2,1-3H3,(H,22,24)/t17-/m1/s1. The fourth-order valence-electron chi connectivity index (χ4n) is 3.33. The van der Waals surface area contributed by atoms with Crippen LogP contribution in [0.15, 0.2) is 36.4 Å². The van der Waals surface area contributed by atoms with Gasteiger partial charge in [-0.25, -0.2) is 4.79 Å². The van der Waals surface area contributed by atoms with Crippen molar-refractivity contribution in [1.82, 2.24) is 4.90 Å². The van der Waals surface area contributed by atoms with Crippen LogP contribution in [-0.2, 0) is 0 Å². The summed E-state index contributed by atoms with van der Waals surface area (Å²) in [6, 6.07) is 11.0. The minimum Gasteiger partial charge on any atom is -0.497 e. The third-order valence-corrected chi connectivity index (χ3v) is 5.03. The largest absolute Gasteiger partial charge is 0.497 e. The topological polar surface area (TPSA) is 60.0 Å². The molecule has 2 aromatic carbocycles. The molecule has 3 rings (SSSR count). The molecule has 2 aromatic rings. The van der Waals surface area contributed by atoms with E-state index in [4.69, 9.17) is 25.8 Å². The van der Waals surface area contributed by atoms with Crippen molar-refractivity contribution in [3.05, 3.63) is 47.0 Å². The van der Waals surface area contributed by atoms with E-state index in [0.717, 1.165) is 24.2 Å². The molecule has 0 aromatic heterocycles. The summed E-state index contributed by atoms with van der Waals surface area (Å²) in [7, 11) is 4.70. The zero-order valence-electron chi connectivity index (χ0n) is 15.6. The van der Waals surface area contributed by atoms with Crippen molar-refractivity contribution in [2.75, 3.05) is 33.2 Å². The monoisotopic (exact) mass is 390 g/mol. The molecule has 7 heteroatoms. The lowest BCUT2D eigenvalue weighted by Gasteiger charge is -2.26. The predicted octanol–water partition coefficient (Wildman–Crippen LogP) is 4.73. The van der Waals surface area contributed by atoms with Gasteiger partial charge in [0.2, 0.25) is 0 Å². The van der Waals surface area contributed by atoms with Crippen molar-refractivity contribution in [2.24, 2.45) is 0 Å². The van der Waals surface area contributed by atoms with Crippen LogP contribution in [0.5, 0.6) is 17.2 Å². The number of carbonyl (C=O) groups is 1. The van der Waals surface area contributed by atoms with Crippen molar-refractivity contribution in [3.8, 4) is 17.2 Å². The Morgan fingerprint density at radius 2 is 1.78 bits per heavy atom. The van der Waals surface area contributed by atoms with Gasteiger partial charge in [0, 0.05) is 12.6 Å². The molecule has 1 atom stereocenters. The number of methoxy groups -OCH3 is 3. The zero-order valence-corrected chi connectivity index (χ0v) is 16.4. The highest BCUT2D eigenvalue weighted by atomic mass is 35.5. The molecule has 1 saturated heterocycles. The van der Waals surface area contributed by atoms with E-state index in [9.17, 15) is 4.79 Å². The number of ether oxygens (including phenoxy) is 3. The molecule has 1 fully saturated rings. The van der Waals surface area contributed by atoms with Crippen molar-refractivity contribution < 1.29 is 19.0 Å². The quantitative estimate of drug-likeness (QED) is 0.801. The maximum atomic E-state index is 12.9. The number of urea groups is 1. The van der Waals surface area contributed by atoms with Crippen molar-refractivity contribution in [3.63, 3.8) is 0 Å². The number of anilines is 1. The molecule has 2 amide bonds. The molecule has 0 spiro atoms. The highest BCUT2D eigenvalue weighted by Gasteiger charge is 2.30. The van der Waals surface area contributed by atoms with Crippen molar-refractivity contribution in [2.45, 2.75) is 18.9 Å². The first-order valence-corrected chi connectivity index (χ1v) is 9.08. The first-order valence-electron chi connectivity index (χ1n) is 8.70. The second-order valence-corrected chi connectivity index (χ2v) is 6.65. The molecule has 1 aliphatic rings. The predicted molar refractivity (Wildman–Crippen MR) is 105 cm³/mol. The summed E-state index contributed by atoms with van der Waals surface area (Å²) >= 11 is 6.20. The van der Waals surface area contributed by atoms with E-state index in [1.807, 2.05) is 29.2 Å². The van der Waals surface area contributed by atoms with Gasteiger partial charge >= 0.3 is 6.03 Å². The van der Waals surface area contributed by atoms with Gasteiger partial charge in [-0.2, -0.15) is 0 Å². The van der Waals surface area contributed by atoms with Crippen LogP contribution in [0, 0.1) is 0 Å². The number of benzene rings is 2. The van der Waals surface area contributed by atoms with E-state index in [-0.39, 0.29) is 12.1 Å². The SMILES string of the molecule is COc1ccc([C@H]2CCCN2C(=O)Nc2cc(Cl)c(OC)cc2OC)cc1. The Hall–Kier alpha value is -2.60. The molecule has 27 heavy (non-hydrogen) atoms. The minimum atomic E-state index is -0.187. The van der Waals surface area contributed by atoms with E-state index >= 15 is 0 Å². The number of nitrogens with one attached hydrogen (secondary N) is 1. The van der Waals surface area contributed by atoms with Crippen LogP contribution in [0.1, 0.15) is 24.4 Å². The van der Waals surface area contributed by atoms with Gasteiger partial charge in [0.1, 0.15) is 17.2 Å². The van der Waals surface area contributed by atoms with Crippen LogP contribution in [-0.4, -0.2) is 38.8 Å². The summed E-state index contributed by atoms with van der Waals surface area (Å²) in [6.45, 7) is 0.689. The first-order chi connectivity index (χ1) is 13.1. The van der Waals surface area contributed by atoms with Gasteiger partial charge in [-0.3, -0.25) is 0 Å². The number of halogens is 1. The Morgan fingerprint density at radius 1 is 1.07 bits per heavy atom. The third-order valence-electron chi connectivity index (χ3n) is 4.73. The maximum absolute atomic E-state index is 12.9. The molecular weight excluding hydrogens is 368 g/mol. The second-order valence-electron chi connectivity index (χ2n) is 6.24. The van der Waals surface area contributed by atoms with Gasteiger partial charge in [0.15, 0.2) is 0 Å². The normalized spacial score (nSPS) is 16.1. The van der Waals surface area contributed by atoms with Gasteiger partial charge in [-0.15, -0.1) is 0 Å². The summed E-state index contributed by atoms with van der Waals surface area (Å²) in [6.07, 6.45) is 1.87. The molecule has 0 bridgehead atoms. The van der Waals surface area contributed by atoms with Crippen LogP contribution >= 0.6 is 11.6 Å². The average molecular weight is 391 g/mol. The van der Waals surface area contributed by atoms with Gasteiger partial charge < -0.3 is 24.4 Å². The van der Waals surface area contributed by atoms with Gasteiger partial charge in [0.05, 0.1) is 38.1 Å². The summed E-state index contributed by atoms with van der Waals surface area (Å²) in [4.78, 5) is 14.7. The molecule has 1 heterocycles. The Balaban J connectivity index is 1.79. The van der Waals surface area contributed by atoms with Crippen molar-refractivity contribution in [1.29, 1.82) is 0 Å². The fraction of sp³-hybridized carbons (Fsp3) is 0.350. The minimum absolute atomic E-state index is 0.0237. The Morgan fingerprint density at radius 3 is 2.41 bits per heavy atom. The number of hydrogen-bond donors (Lipinski definition) is 1. The summed E-state index contributed by atoms with van der Waals surface area (Å²) < 4.78 is 15.8. The third kappa shape index (κ3) is 4.06. The Bertz CT molecular complexity index is 810. The molecule has 6 nitrogen and oxygen atoms in total. The lowest BCUT2D eigenvalue weighted by molar-refractivity contribution is 0.207. The van der Waals surface area contributed by atoms with E-state index < -0.39 is 0 Å². The number of amides is 2. The maximum Gasteiger partial charge on any atom is 0.322 e. The van der Waals surface area contributed by atoms with Crippen LogP contribution in [0.3, 0.4) is 0 Å². The lowest BCUT2D eigenvalue weighted by atomic mass is 10.0. The summed E-state index contributed by atoms with van der Waals surface area (Å²) in [5.74, 6) is 1.78. The van der Waals surface area contributed by atoms with E-state index in [2.05, 4.69) is 5.32 Å². The number of rotatable bonds is 5. The average Bonchev–Trinajstić information content (AvgIpc) is 3.18. The van der Waals surface area contributed by atoms with Gasteiger partial charge in [-0.1, -0.05) is 23.7 Å². The lowest BCUT2D eigenvalue weighted by Crippen LogP contribution is -2.34. The van der Waals surface area contributed by atoms with Crippen molar-refractivity contribution >= 4 is 23.3 Å². The molecule has 0 aliphatic carbocycles. The second kappa shape index (κ2) is 8.39. The van der Waals surface area contributed by atoms with Crippen LogP contribution < -0.4 is 19.5 Å². The van der Waals surface area contributed by atoms with Gasteiger partial charge in [0.25, 0.3) is 0 Å². The van der Waals surface area contributed by atoms with Crippen LogP contribution in [0.2, 0.25) is 5.02 Å². The Labute approximate surface area is 164 Å². The van der Waals surface area contributed by atoms with Crippen LogP contribution in [0.25, 0.3) is 0 Å². The van der Waals surface area contributed by atoms with E-state index in [0.29, 0.717) is 28.8 Å². The number of hydrogen-bond acceptors (Lipinski definition) is 4. The smallest absolute Gasteiger partial charge is 0.322 e. The zero-order chi connectivity index (χ0) is 19.4. The molecule has 1 aliphatic heterocycles. The Kier molecular flexibility index (Phi) is 5.96.